The molecular formula is C26H28N6O3Si. The lowest BCUT2D eigenvalue weighted by atomic mass is 10.0. The molecule has 184 valence electrons. The molecule has 0 N–H and O–H groups in total. The van der Waals surface area contributed by atoms with E-state index in [1.54, 1.807) is 25.4 Å². The minimum absolute atomic E-state index is 0.0955. The molecule has 0 bridgehead atoms. The number of rotatable bonds is 9. The summed E-state index contributed by atoms with van der Waals surface area (Å²) in [6, 6.07) is 12.4. The van der Waals surface area contributed by atoms with Crippen LogP contribution in [0.4, 0.5) is 0 Å². The zero-order valence-electron chi connectivity index (χ0n) is 20.9. The first-order valence-electron chi connectivity index (χ1n) is 11.7. The van der Waals surface area contributed by atoms with Gasteiger partial charge < -0.3 is 14.0 Å². The topological polar surface area (TPSA) is 116 Å². The van der Waals surface area contributed by atoms with E-state index in [1.165, 1.54) is 6.33 Å². The van der Waals surface area contributed by atoms with Crippen LogP contribution in [0.15, 0.2) is 49.1 Å². The van der Waals surface area contributed by atoms with Crippen LogP contribution in [0.3, 0.4) is 0 Å². The van der Waals surface area contributed by atoms with Crippen molar-refractivity contribution in [1.29, 1.82) is 5.26 Å². The first-order chi connectivity index (χ1) is 17.3. The molecule has 9 nitrogen and oxygen atoms in total. The second-order valence-electron chi connectivity index (χ2n) is 9.46. The minimum Gasteiger partial charge on any atom is -0.462 e. The predicted molar refractivity (Wildman–Crippen MR) is 139 cm³/mol. The number of aromatic nitrogens is 5. The van der Waals surface area contributed by atoms with Gasteiger partial charge in [-0.05, 0) is 25.1 Å². The van der Waals surface area contributed by atoms with Gasteiger partial charge in [-0.2, -0.15) is 5.26 Å². The van der Waals surface area contributed by atoms with Crippen LogP contribution in [0.1, 0.15) is 23.1 Å². The van der Waals surface area contributed by atoms with E-state index in [-0.39, 0.29) is 19.2 Å². The van der Waals surface area contributed by atoms with Crippen molar-refractivity contribution in [3.63, 3.8) is 0 Å². The summed E-state index contributed by atoms with van der Waals surface area (Å²) in [4.78, 5) is 30.2. The number of carbonyl (C=O) groups excluding carboxylic acids is 1. The Morgan fingerprint density at radius 3 is 2.69 bits per heavy atom. The van der Waals surface area contributed by atoms with Crippen LogP contribution < -0.4 is 0 Å². The lowest BCUT2D eigenvalue weighted by Crippen LogP contribution is -2.22. The summed E-state index contributed by atoms with van der Waals surface area (Å²) in [6.07, 6.45) is 4.76. The van der Waals surface area contributed by atoms with Crippen molar-refractivity contribution < 1.29 is 14.3 Å². The van der Waals surface area contributed by atoms with Gasteiger partial charge in [-0.1, -0.05) is 37.8 Å². The number of nitriles is 1. The summed E-state index contributed by atoms with van der Waals surface area (Å²) in [7, 11) is -1.23. The molecule has 3 heterocycles. The molecule has 0 saturated carbocycles. The van der Waals surface area contributed by atoms with Crippen LogP contribution in [-0.4, -0.2) is 51.8 Å². The number of benzene rings is 1. The smallest absolute Gasteiger partial charge is 0.340 e. The number of hydrogen-bond acceptors (Lipinski definition) is 8. The molecule has 0 aliphatic rings. The van der Waals surface area contributed by atoms with Gasteiger partial charge in [-0.25, -0.2) is 24.7 Å². The molecule has 1 aromatic carbocycles. The van der Waals surface area contributed by atoms with Crippen LogP contribution >= 0.6 is 0 Å². The Bertz CT molecular complexity index is 1440. The molecule has 0 spiro atoms. The fraction of sp³-hybridized carbons (Fsp3) is 0.308. The van der Waals surface area contributed by atoms with Gasteiger partial charge in [0.25, 0.3) is 0 Å². The fourth-order valence-corrected chi connectivity index (χ4v) is 4.50. The highest BCUT2D eigenvalue weighted by Gasteiger charge is 2.22. The molecule has 0 unspecified atom stereocenters. The summed E-state index contributed by atoms with van der Waals surface area (Å²) in [5, 5.41) is 9.76. The molecule has 0 atom stereocenters. The third kappa shape index (κ3) is 5.64. The predicted octanol–water partition coefficient (Wildman–Crippen LogP) is 4.92. The number of nitrogens with zero attached hydrogens (tertiary/aromatic N) is 6. The van der Waals surface area contributed by atoms with Crippen molar-refractivity contribution in [3.05, 3.63) is 60.4 Å². The highest BCUT2D eigenvalue weighted by atomic mass is 28.3. The Hall–Kier alpha value is -3.94. The lowest BCUT2D eigenvalue weighted by Gasteiger charge is -2.15. The monoisotopic (exact) mass is 500 g/mol. The third-order valence-corrected chi connectivity index (χ3v) is 7.27. The highest BCUT2D eigenvalue weighted by Crippen LogP contribution is 2.32. The van der Waals surface area contributed by atoms with E-state index in [0.717, 1.165) is 17.2 Å². The summed E-state index contributed by atoms with van der Waals surface area (Å²) in [5.74, 6) is -0.344. The maximum atomic E-state index is 12.9. The number of fused-ring (bicyclic) bond motifs is 1. The average molecular weight is 501 g/mol. The Kier molecular flexibility index (Phi) is 7.52. The van der Waals surface area contributed by atoms with Gasteiger partial charge in [0.15, 0.2) is 0 Å². The number of ether oxygens (including phenoxy) is 2. The van der Waals surface area contributed by atoms with Crippen LogP contribution in [0, 0.1) is 11.3 Å². The molecular weight excluding hydrogens is 472 g/mol. The maximum Gasteiger partial charge on any atom is 0.340 e. The molecule has 3 aromatic heterocycles. The first-order valence-corrected chi connectivity index (χ1v) is 15.4. The van der Waals surface area contributed by atoms with E-state index in [2.05, 4.69) is 39.6 Å². The Balaban J connectivity index is 1.77. The Labute approximate surface area is 210 Å². The minimum atomic E-state index is -1.23. The summed E-state index contributed by atoms with van der Waals surface area (Å²) >= 11 is 0. The molecule has 0 amide bonds. The van der Waals surface area contributed by atoms with Gasteiger partial charge in [-0.3, -0.25) is 0 Å². The second-order valence-corrected chi connectivity index (χ2v) is 15.1. The molecule has 10 heteroatoms. The van der Waals surface area contributed by atoms with E-state index < -0.39 is 14.0 Å². The molecule has 0 fully saturated rings. The molecule has 36 heavy (non-hydrogen) atoms. The van der Waals surface area contributed by atoms with E-state index in [4.69, 9.17) is 14.7 Å². The van der Waals surface area contributed by atoms with Crippen molar-refractivity contribution in [3.8, 4) is 28.6 Å². The van der Waals surface area contributed by atoms with Crippen LogP contribution in [-0.2, 0) is 16.2 Å². The number of esters is 1. The number of carbonyl (C=O) groups is 1. The van der Waals surface area contributed by atoms with E-state index >= 15 is 0 Å². The van der Waals surface area contributed by atoms with E-state index in [1.807, 2.05) is 34.9 Å². The molecule has 0 aliphatic carbocycles. The average Bonchev–Trinajstić information content (AvgIpc) is 3.25. The van der Waals surface area contributed by atoms with Gasteiger partial charge in [-0.15, -0.1) is 0 Å². The maximum absolute atomic E-state index is 12.9. The van der Waals surface area contributed by atoms with Crippen molar-refractivity contribution in [2.24, 2.45) is 0 Å². The van der Waals surface area contributed by atoms with Crippen molar-refractivity contribution >= 4 is 25.1 Å². The molecule has 0 saturated heterocycles. The molecule has 0 radical (unpaired) electrons. The summed E-state index contributed by atoms with van der Waals surface area (Å²) < 4.78 is 13.1. The molecule has 4 rings (SSSR count). The SMILES string of the molecule is CCOC(=O)c1cn(COCC[Si](C)(C)C)c2ncnc(-c3cccc(-c4ccnc(C#N)n4)c3)c12. The lowest BCUT2D eigenvalue weighted by molar-refractivity contribution is 0.0527. The second kappa shape index (κ2) is 10.8. The molecule has 0 aliphatic heterocycles. The summed E-state index contributed by atoms with van der Waals surface area (Å²) in [5.41, 5.74) is 3.77. The summed E-state index contributed by atoms with van der Waals surface area (Å²) in [6.45, 7) is 9.85. The zero-order valence-corrected chi connectivity index (χ0v) is 21.9. The van der Waals surface area contributed by atoms with Crippen molar-refractivity contribution in [2.75, 3.05) is 13.2 Å². The van der Waals surface area contributed by atoms with Gasteiger partial charge in [0.05, 0.1) is 28.9 Å². The fourth-order valence-electron chi connectivity index (χ4n) is 3.74. The van der Waals surface area contributed by atoms with Crippen molar-refractivity contribution in [1.82, 2.24) is 24.5 Å². The van der Waals surface area contributed by atoms with Crippen LogP contribution in [0.25, 0.3) is 33.5 Å². The van der Waals surface area contributed by atoms with Gasteiger partial charge in [0.2, 0.25) is 5.82 Å². The number of hydrogen-bond donors (Lipinski definition) is 0. The highest BCUT2D eigenvalue weighted by molar-refractivity contribution is 6.76. The standard InChI is InChI=1S/C26H28N6O3Si/c1-5-35-26(33)20-15-32(17-34-11-12-36(2,3)4)25-23(20)24(29-16-30-25)19-8-6-7-18(13-19)21-9-10-28-22(14-27)31-21/h6-10,13,15-16H,5,11-12,17H2,1-4H3. The van der Waals surface area contributed by atoms with Gasteiger partial charge in [0, 0.05) is 38.2 Å². The Morgan fingerprint density at radius 2 is 1.94 bits per heavy atom. The third-order valence-electron chi connectivity index (χ3n) is 5.56. The Morgan fingerprint density at radius 1 is 1.14 bits per heavy atom. The van der Waals surface area contributed by atoms with Crippen LogP contribution in [0.5, 0.6) is 0 Å². The van der Waals surface area contributed by atoms with E-state index in [9.17, 15) is 4.79 Å². The first kappa shape index (κ1) is 25.2. The largest absolute Gasteiger partial charge is 0.462 e. The normalized spacial score (nSPS) is 11.4. The van der Waals surface area contributed by atoms with E-state index in [0.29, 0.717) is 34.6 Å². The van der Waals surface area contributed by atoms with Gasteiger partial charge >= 0.3 is 5.97 Å². The van der Waals surface area contributed by atoms with Gasteiger partial charge in [0.1, 0.15) is 24.8 Å². The van der Waals surface area contributed by atoms with Crippen molar-refractivity contribution in [2.45, 2.75) is 39.3 Å². The molecule has 4 aromatic rings. The van der Waals surface area contributed by atoms with Crippen LogP contribution in [0.2, 0.25) is 25.7 Å². The zero-order chi connectivity index (χ0) is 25.7. The quantitative estimate of drug-likeness (QED) is 0.181.